The minimum atomic E-state index is 0.0659. The number of aromatic nitrogens is 2. The van der Waals surface area contributed by atoms with Gasteiger partial charge in [0.05, 0.1) is 5.69 Å². The Hall–Kier alpha value is -3.17. The van der Waals surface area contributed by atoms with Crippen molar-refractivity contribution in [2.24, 2.45) is 11.0 Å². The number of nitrogens with zero attached hydrogens (tertiary/aromatic N) is 5. The minimum absolute atomic E-state index is 0.0659. The lowest BCUT2D eigenvalue weighted by Gasteiger charge is -2.14. The SMILES string of the molecule is CC(C)Cc1ccc(C(C)c2cc(N=[N+]=[N-])nc(-c3ccccc3)n2)cc1. The van der Waals surface area contributed by atoms with Gasteiger partial charge in [-0.15, -0.1) is 0 Å². The lowest BCUT2D eigenvalue weighted by Crippen LogP contribution is -2.03. The molecule has 1 heterocycles. The van der Waals surface area contributed by atoms with Gasteiger partial charge in [0.2, 0.25) is 0 Å². The van der Waals surface area contributed by atoms with Gasteiger partial charge in [0, 0.05) is 16.4 Å². The molecule has 5 heteroatoms. The number of rotatable bonds is 6. The van der Waals surface area contributed by atoms with Crippen LogP contribution in [0, 0.1) is 5.92 Å². The molecule has 3 rings (SSSR count). The molecule has 1 aromatic heterocycles. The normalized spacial score (nSPS) is 11.9. The molecule has 3 aromatic rings. The highest BCUT2D eigenvalue weighted by molar-refractivity contribution is 5.57. The first-order chi connectivity index (χ1) is 13.1. The molecule has 0 amide bonds. The number of hydrogen-bond acceptors (Lipinski definition) is 3. The summed E-state index contributed by atoms with van der Waals surface area (Å²) in [5.41, 5.74) is 13.1. The van der Waals surface area contributed by atoms with Crippen molar-refractivity contribution in [3.05, 3.63) is 87.9 Å². The maximum Gasteiger partial charge on any atom is 0.159 e. The summed E-state index contributed by atoms with van der Waals surface area (Å²) in [6.45, 7) is 6.55. The molecule has 27 heavy (non-hydrogen) atoms. The summed E-state index contributed by atoms with van der Waals surface area (Å²) in [5.74, 6) is 1.61. The molecule has 0 saturated carbocycles. The first kappa shape index (κ1) is 18.6. The maximum atomic E-state index is 8.83. The van der Waals surface area contributed by atoms with Crippen LogP contribution in [0.5, 0.6) is 0 Å². The van der Waals surface area contributed by atoms with Crippen LogP contribution in [0.15, 0.2) is 65.8 Å². The zero-order valence-corrected chi connectivity index (χ0v) is 15.9. The third kappa shape index (κ3) is 4.72. The van der Waals surface area contributed by atoms with E-state index < -0.39 is 0 Å². The third-order valence-corrected chi connectivity index (χ3v) is 4.48. The average Bonchev–Trinajstić information content (AvgIpc) is 2.68. The Bertz CT molecular complexity index is 942. The van der Waals surface area contributed by atoms with Crippen molar-refractivity contribution in [1.82, 2.24) is 9.97 Å². The molecule has 1 atom stereocenters. The highest BCUT2D eigenvalue weighted by Crippen LogP contribution is 2.28. The van der Waals surface area contributed by atoms with Crippen molar-refractivity contribution in [3.8, 4) is 11.4 Å². The summed E-state index contributed by atoms with van der Waals surface area (Å²) in [4.78, 5) is 12.0. The van der Waals surface area contributed by atoms with Gasteiger partial charge in [-0.25, -0.2) is 9.97 Å². The Labute approximate surface area is 159 Å². The van der Waals surface area contributed by atoms with Gasteiger partial charge in [-0.2, -0.15) is 0 Å². The topological polar surface area (TPSA) is 74.5 Å². The molecular formula is C22H23N5. The highest BCUT2D eigenvalue weighted by Gasteiger charge is 2.14. The van der Waals surface area contributed by atoms with Gasteiger partial charge >= 0.3 is 0 Å². The van der Waals surface area contributed by atoms with Crippen LogP contribution in [0.1, 0.15) is 43.5 Å². The van der Waals surface area contributed by atoms with Crippen LogP contribution < -0.4 is 0 Å². The average molecular weight is 357 g/mol. The molecule has 0 aliphatic carbocycles. The summed E-state index contributed by atoms with van der Waals surface area (Å²) in [7, 11) is 0. The molecular weight excluding hydrogens is 334 g/mol. The predicted molar refractivity (Wildman–Crippen MR) is 109 cm³/mol. The van der Waals surface area contributed by atoms with Crippen molar-refractivity contribution >= 4 is 5.82 Å². The van der Waals surface area contributed by atoms with E-state index in [9.17, 15) is 0 Å². The summed E-state index contributed by atoms with van der Waals surface area (Å²) < 4.78 is 0. The number of benzene rings is 2. The van der Waals surface area contributed by atoms with E-state index in [4.69, 9.17) is 10.5 Å². The molecule has 0 bridgehead atoms. The summed E-state index contributed by atoms with van der Waals surface area (Å²) in [6.07, 6.45) is 1.07. The van der Waals surface area contributed by atoms with E-state index in [1.807, 2.05) is 30.3 Å². The van der Waals surface area contributed by atoms with Crippen LogP contribution in [0.4, 0.5) is 5.82 Å². The summed E-state index contributed by atoms with van der Waals surface area (Å²) in [5, 5.41) is 3.71. The third-order valence-electron chi connectivity index (χ3n) is 4.48. The second-order valence-corrected chi connectivity index (χ2v) is 7.09. The Balaban J connectivity index is 1.97. The van der Waals surface area contributed by atoms with Gasteiger partial charge < -0.3 is 0 Å². The van der Waals surface area contributed by atoms with E-state index in [-0.39, 0.29) is 5.92 Å². The second-order valence-electron chi connectivity index (χ2n) is 7.09. The van der Waals surface area contributed by atoms with Crippen LogP contribution >= 0.6 is 0 Å². The smallest absolute Gasteiger partial charge is 0.159 e. The Morgan fingerprint density at radius 2 is 1.67 bits per heavy atom. The van der Waals surface area contributed by atoms with E-state index in [0.717, 1.165) is 17.7 Å². The van der Waals surface area contributed by atoms with Crippen LogP contribution in [-0.2, 0) is 6.42 Å². The Morgan fingerprint density at radius 1 is 0.963 bits per heavy atom. The van der Waals surface area contributed by atoms with Crippen molar-refractivity contribution in [2.75, 3.05) is 0 Å². The molecule has 0 spiro atoms. The quantitative estimate of drug-likeness (QED) is 0.289. The fourth-order valence-electron chi connectivity index (χ4n) is 3.07. The molecule has 0 fully saturated rings. The molecule has 0 aliphatic heterocycles. The molecule has 2 aromatic carbocycles. The summed E-state index contributed by atoms with van der Waals surface area (Å²) >= 11 is 0. The lowest BCUT2D eigenvalue weighted by molar-refractivity contribution is 0.647. The maximum absolute atomic E-state index is 8.83. The van der Waals surface area contributed by atoms with Gasteiger partial charge in [0.1, 0.15) is 5.82 Å². The van der Waals surface area contributed by atoms with Crippen LogP contribution in [0.3, 0.4) is 0 Å². The van der Waals surface area contributed by atoms with E-state index in [1.165, 1.54) is 11.1 Å². The standard InChI is InChI=1S/C22H23N5/c1-15(2)13-17-9-11-18(12-10-17)16(3)20-14-21(26-27-23)25-22(24-20)19-7-5-4-6-8-19/h4-12,14-16H,13H2,1-3H3. The molecule has 0 radical (unpaired) electrons. The van der Waals surface area contributed by atoms with E-state index >= 15 is 0 Å². The molecule has 1 unspecified atom stereocenters. The Kier molecular flexibility index (Phi) is 5.84. The van der Waals surface area contributed by atoms with Crippen molar-refractivity contribution < 1.29 is 0 Å². The van der Waals surface area contributed by atoms with E-state index in [2.05, 4.69) is 60.0 Å². The van der Waals surface area contributed by atoms with Crippen LogP contribution in [0.25, 0.3) is 21.8 Å². The monoisotopic (exact) mass is 357 g/mol. The predicted octanol–water partition coefficient (Wildman–Crippen LogP) is 6.44. The molecule has 5 nitrogen and oxygen atoms in total. The lowest BCUT2D eigenvalue weighted by atomic mass is 9.94. The van der Waals surface area contributed by atoms with Crippen molar-refractivity contribution in [3.63, 3.8) is 0 Å². The van der Waals surface area contributed by atoms with Gasteiger partial charge in [0.15, 0.2) is 5.82 Å². The van der Waals surface area contributed by atoms with Crippen LogP contribution in [0.2, 0.25) is 0 Å². The van der Waals surface area contributed by atoms with Crippen molar-refractivity contribution in [1.29, 1.82) is 0 Å². The minimum Gasteiger partial charge on any atom is -0.232 e. The zero-order chi connectivity index (χ0) is 19.2. The first-order valence-electron chi connectivity index (χ1n) is 9.15. The fourth-order valence-corrected chi connectivity index (χ4v) is 3.07. The van der Waals surface area contributed by atoms with Crippen molar-refractivity contribution in [2.45, 2.75) is 33.1 Å². The van der Waals surface area contributed by atoms with E-state index in [1.54, 1.807) is 6.07 Å². The molecule has 136 valence electrons. The van der Waals surface area contributed by atoms with Crippen LogP contribution in [-0.4, -0.2) is 9.97 Å². The second kappa shape index (κ2) is 8.47. The van der Waals surface area contributed by atoms with E-state index in [0.29, 0.717) is 17.6 Å². The van der Waals surface area contributed by atoms with Gasteiger partial charge in [-0.3, -0.25) is 0 Å². The fraction of sp³-hybridized carbons (Fsp3) is 0.273. The summed E-state index contributed by atoms with van der Waals surface area (Å²) in [6, 6.07) is 20.2. The highest BCUT2D eigenvalue weighted by atomic mass is 15.2. The van der Waals surface area contributed by atoms with Gasteiger partial charge in [-0.05, 0) is 40.2 Å². The molecule has 0 saturated heterocycles. The molecule has 0 N–H and O–H groups in total. The number of azide groups is 1. The largest absolute Gasteiger partial charge is 0.232 e. The number of hydrogen-bond donors (Lipinski definition) is 0. The zero-order valence-electron chi connectivity index (χ0n) is 15.9. The molecule has 0 aliphatic rings. The Morgan fingerprint density at radius 3 is 2.30 bits per heavy atom. The van der Waals surface area contributed by atoms with Gasteiger partial charge in [-0.1, -0.05) is 75.4 Å². The van der Waals surface area contributed by atoms with Gasteiger partial charge in [0.25, 0.3) is 0 Å². The first-order valence-corrected chi connectivity index (χ1v) is 9.15.